The summed E-state index contributed by atoms with van der Waals surface area (Å²) in [6, 6.07) is 8.05. The van der Waals surface area contributed by atoms with Crippen LogP contribution in [0.5, 0.6) is 5.75 Å². The number of hydrogen-bond acceptors (Lipinski definition) is 7. The van der Waals surface area contributed by atoms with Gasteiger partial charge in [0.25, 0.3) is 0 Å². The minimum atomic E-state index is -3.06. The summed E-state index contributed by atoms with van der Waals surface area (Å²) >= 11 is 0. The predicted molar refractivity (Wildman–Crippen MR) is 124 cm³/mol. The van der Waals surface area contributed by atoms with Crippen LogP contribution in [0.2, 0.25) is 0 Å². The number of pyridine rings is 1. The van der Waals surface area contributed by atoms with E-state index in [1.54, 1.807) is 25.1 Å². The summed E-state index contributed by atoms with van der Waals surface area (Å²) in [5.74, 6) is -0.155. The van der Waals surface area contributed by atoms with Crippen LogP contribution in [0.15, 0.2) is 36.5 Å². The zero-order valence-corrected chi connectivity index (χ0v) is 19.9. The molecule has 0 atom stereocenters. The first-order chi connectivity index (χ1) is 16.6. The standard InChI is InChI=1S/C24H25F2N3O5S/c1-24(13-35(31,32)14-24)11-20(30)16-10-19-22(27-12-16)21(28-29(19)17-5-7-33-8-6-17)15-3-2-4-18(9-15)34-23(25)26/h2-4,9-10,12,17,23H,5-8,11,13-14H2,1H3. The van der Waals surface area contributed by atoms with Gasteiger partial charge in [-0.15, -0.1) is 0 Å². The minimum absolute atomic E-state index is 0.00258. The van der Waals surface area contributed by atoms with Crippen molar-refractivity contribution in [2.24, 2.45) is 5.41 Å². The fourth-order valence-corrected chi connectivity index (χ4v) is 7.25. The minimum Gasteiger partial charge on any atom is -0.435 e. The molecular formula is C24H25F2N3O5S. The van der Waals surface area contributed by atoms with E-state index in [4.69, 9.17) is 9.84 Å². The molecule has 0 radical (unpaired) electrons. The van der Waals surface area contributed by atoms with E-state index in [1.165, 1.54) is 18.3 Å². The molecule has 0 spiro atoms. The van der Waals surface area contributed by atoms with Gasteiger partial charge in [-0.1, -0.05) is 19.1 Å². The summed E-state index contributed by atoms with van der Waals surface area (Å²) in [7, 11) is -3.06. The van der Waals surface area contributed by atoms with Gasteiger partial charge in [0.2, 0.25) is 0 Å². The molecule has 11 heteroatoms. The van der Waals surface area contributed by atoms with Crippen molar-refractivity contribution in [3.8, 4) is 17.0 Å². The van der Waals surface area contributed by atoms with E-state index in [2.05, 4.69) is 9.72 Å². The maximum absolute atomic E-state index is 13.0. The Morgan fingerprint density at radius 2 is 2.00 bits per heavy atom. The van der Waals surface area contributed by atoms with E-state index in [0.29, 0.717) is 41.1 Å². The van der Waals surface area contributed by atoms with Crippen LogP contribution in [0.3, 0.4) is 0 Å². The summed E-state index contributed by atoms with van der Waals surface area (Å²) in [6.45, 7) is 0.0214. The first kappa shape index (κ1) is 23.8. The molecule has 2 aromatic heterocycles. The molecule has 0 N–H and O–H groups in total. The fraction of sp³-hybridized carbons (Fsp3) is 0.458. The Labute approximate surface area is 201 Å². The van der Waals surface area contributed by atoms with Crippen LogP contribution < -0.4 is 4.74 Å². The fourth-order valence-electron chi connectivity index (χ4n) is 5.01. The van der Waals surface area contributed by atoms with Crippen molar-refractivity contribution in [3.63, 3.8) is 0 Å². The quantitative estimate of drug-likeness (QED) is 0.447. The molecule has 3 aromatic rings. The Bertz CT molecular complexity index is 1370. The van der Waals surface area contributed by atoms with Crippen LogP contribution in [-0.4, -0.2) is 60.3 Å². The number of nitrogens with zero attached hydrogens (tertiary/aromatic N) is 3. The summed E-state index contributed by atoms with van der Waals surface area (Å²) < 4.78 is 60.6. The first-order valence-corrected chi connectivity index (χ1v) is 13.2. The number of rotatable bonds is 7. The Morgan fingerprint density at radius 3 is 2.69 bits per heavy atom. The smallest absolute Gasteiger partial charge is 0.387 e. The number of ketones is 1. The molecule has 0 saturated carbocycles. The average molecular weight is 506 g/mol. The molecule has 8 nitrogen and oxygen atoms in total. The molecule has 0 unspecified atom stereocenters. The summed E-state index contributed by atoms with van der Waals surface area (Å²) in [6.07, 6.45) is 3.06. The molecule has 0 bridgehead atoms. The number of aromatic nitrogens is 3. The lowest BCUT2D eigenvalue weighted by Gasteiger charge is -2.37. The van der Waals surface area contributed by atoms with Crippen LogP contribution >= 0.6 is 0 Å². The Kier molecular flexibility index (Phi) is 6.08. The molecule has 2 aliphatic heterocycles. The van der Waals surface area contributed by atoms with Crippen LogP contribution in [-0.2, 0) is 14.6 Å². The Balaban J connectivity index is 1.54. The van der Waals surface area contributed by atoms with Gasteiger partial charge in [-0.05, 0) is 31.0 Å². The van der Waals surface area contributed by atoms with Gasteiger partial charge in [-0.3, -0.25) is 14.5 Å². The van der Waals surface area contributed by atoms with Crippen molar-refractivity contribution in [2.45, 2.75) is 38.8 Å². The third kappa shape index (κ3) is 4.92. The molecule has 0 aliphatic carbocycles. The molecule has 2 fully saturated rings. The van der Waals surface area contributed by atoms with E-state index in [0.717, 1.165) is 12.8 Å². The highest BCUT2D eigenvalue weighted by molar-refractivity contribution is 7.92. The lowest BCUT2D eigenvalue weighted by Crippen LogP contribution is -2.47. The van der Waals surface area contributed by atoms with E-state index in [-0.39, 0.29) is 35.5 Å². The van der Waals surface area contributed by atoms with Gasteiger partial charge in [-0.25, -0.2) is 8.42 Å². The number of ether oxygens (including phenoxy) is 2. The SMILES string of the molecule is CC1(CC(=O)c2cnc3c(-c4cccc(OC(F)F)c4)nn(C4CCOCC4)c3c2)CS(=O)(=O)C1. The monoisotopic (exact) mass is 505 g/mol. The largest absolute Gasteiger partial charge is 0.435 e. The van der Waals surface area contributed by atoms with Gasteiger partial charge >= 0.3 is 6.61 Å². The van der Waals surface area contributed by atoms with Crippen molar-refractivity contribution >= 4 is 26.7 Å². The lowest BCUT2D eigenvalue weighted by molar-refractivity contribution is -0.0498. The van der Waals surface area contributed by atoms with Gasteiger partial charge < -0.3 is 9.47 Å². The maximum Gasteiger partial charge on any atom is 0.387 e. The molecule has 0 amide bonds. The Morgan fingerprint density at radius 1 is 1.26 bits per heavy atom. The molecule has 2 aliphatic rings. The van der Waals surface area contributed by atoms with Crippen LogP contribution in [0.25, 0.3) is 22.3 Å². The molecule has 186 valence electrons. The second-order valence-corrected chi connectivity index (χ2v) is 11.6. The zero-order valence-electron chi connectivity index (χ0n) is 19.1. The Hall–Kier alpha value is -2.92. The van der Waals surface area contributed by atoms with E-state index < -0.39 is 21.9 Å². The molecule has 35 heavy (non-hydrogen) atoms. The highest BCUT2D eigenvalue weighted by Crippen LogP contribution is 2.38. The summed E-state index contributed by atoms with van der Waals surface area (Å²) in [5.41, 5.74) is 2.09. The van der Waals surface area contributed by atoms with Gasteiger partial charge in [0, 0.05) is 42.4 Å². The number of fused-ring (bicyclic) bond motifs is 1. The van der Waals surface area contributed by atoms with Gasteiger partial charge in [0.15, 0.2) is 15.6 Å². The van der Waals surface area contributed by atoms with Crippen LogP contribution in [0.4, 0.5) is 8.78 Å². The third-order valence-corrected chi connectivity index (χ3v) is 8.74. The number of halogens is 2. The van der Waals surface area contributed by atoms with Crippen LogP contribution in [0.1, 0.15) is 42.6 Å². The third-order valence-electron chi connectivity index (χ3n) is 6.46. The number of alkyl halides is 2. The summed E-state index contributed by atoms with van der Waals surface area (Å²) in [4.78, 5) is 17.6. The maximum atomic E-state index is 13.0. The van der Waals surface area contributed by atoms with Gasteiger partial charge in [0.1, 0.15) is 17.0 Å². The van der Waals surface area contributed by atoms with Crippen LogP contribution in [0, 0.1) is 5.41 Å². The average Bonchev–Trinajstić information content (AvgIpc) is 3.17. The van der Waals surface area contributed by atoms with Gasteiger partial charge in [0.05, 0.1) is 23.1 Å². The molecule has 2 saturated heterocycles. The molecule has 4 heterocycles. The second-order valence-electron chi connectivity index (χ2n) is 9.58. The highest BCUT2D eigenvalue weighted by Gasteiger charge is 2.45. The molecule has 5 rings (SSSR count). The van der Waals surface area contributed by atoms with Crippen molar-refractivity contribution in [1.82, 2.24) is 14.8 Å². The number of hydrogen-bond donors (Lipinski definition) is 0. The lowest BCUT2D eigenvalue weighted by atomic mass is 9.86. The number of Topliss-reactive ketones (excluding diaryl/α,β-unsaturated/α-hetero) is 1. The number of carbonyl (C=O) groups is 1. The second kappa shape index (κ2) is 8.94. The highest BCUT2D eigenvalue weighted by atomic mass is 32.2. The number of benzene rings is 1. The van der Waals surface area contributed by atoms with E-state index in [1.807, 2.05) is 4.68 Å². The van der Waals surface area contributed by atoms with E-state index in [9.17, 15) is 22.0 Å². The normalized spacial score (nSPS) is 19.5. The first-order valence-electron chi connectivity index (χ1n) is 11.4. The molecule has 1 aromatic carbocycles. The summed E-state index contributed by atoms with van der Waals surface area (Å²) in [5, 5.41) is 4.79. The molecular weight excluding hydrogens is 480 g/mol. The predicted octanol–water partition coefficient (Wildman–Crippen LogP) is 4.06. The van der Waals surface area contributed by atoms with Crippen molar-refractivity contribution in [3.05, 3.63) is 42.1 Å². The van der Waals surface area contributed by atoms with Crippen molar-refractivity contribution < 1.29 is 31.5 Å². The zero-order chi connectivity index (χ0) is 24.8. The van der Waals surface area contributed by atoms with Gasteiger partial charge in [-0.2, -0.15) is 13.9 Å². The van der Waals surface area contributed by atoms with E-state index >= 15 is 0 Å². The number of carbonyl (C=O) groups excluding carboxylic acids is 1. The topological polar surface area (TPSA) is 100 Å². The number of sulfone groups is 1. The van der Waals surface area contributed by atoms with Crippen molar-refractivity contribution in [1.29, 1.82) is 0 Å². The van der Waals surface area contributed by atoms with Crippen molar-refractivity contribution in [2.75, 3.05) is 24.7 Å².